The summed E-state index contributed by atoms with van der Waals surface area (Å²) in [6.45, 7) is 3.36. The number of aliphatic carboxylic acids is 1. The third-order valence-electron chi connectivity index (χ3n) is 4.84. The molecular weight excluding hydrogens is 304 g/mol. The molecule has 134 valence electrons. The van der Waals surface area contributed by atoms with Gasteiger partial charge in [-0.05, 0) is 38.5 Å². The van der Waals surface area contributed by atoms with Gasteiger partial charge in [0.15, 0.2) is 0 Å². The van der Waals surface area contributed by atoms with Crippen molar-refractivity contribution >= 4 is 5.97 Å². The van der Waals surface area contributed by atoms with Crippen LogP contribution >= 0.6 is 0 Å². The smallest absolute Gasteiger partial charge is 0.303 e. The Kier molecular flexibility index (Phi) is 8.35. The minimum Gasteiger partial charge on any atom is -0.481 e. The molecule has 0 aliphatic carbocycles. The molecule has 4 atom stereocenters. The second-order valence-corrected chi connectivity index (χ2v) is 6.72. The van der Waals surface area contributed by atoms with Crippen molar-refractivity contribution in [1.29, 1.82) is 0 Å². The second kappa shape index (κ2) is 10.5. The van der Waals surface area contributed by atoms with Gasteiger partial charge in [0, 0.05) is 24.7 Å². The third-order valence-corrected chi connectivity index (χ3v) is 4.84. The van der Waals surface area contributed by atoms with Gasteiger partial charge in [-0.25, -0.2) is 0 Å². The Labute approximate surface area is 145 Å². The molecule has 4 heteroatoms. The zero-order valence-electron chi connectivity index (χ0n) is 14.7. The van der Waals surface area contributed by atoms with Crippen LogP contribution < -0.4 is 0 Å². The van der Waals surface area contributed by atoms with E-state index in [1.807, 2.05) is 0 Å². The molecule has 0 amide bonds. The molecule has 2 saturated heterocycles. The number of carbonyl (C=O) groups is 1. The van der Waals surface area contributed by atoms with Gasteiger partial charge in [-0.2, -0.15) is 0 Å². The lowest BCUT2D eigenvalue weighted by Gasteiger charge is -2.25. The van der Waals surface area contributed by atoms with E-state index in [0.717, 1.165) is 51.6 Å². The quantitative estimate of drug-likeness (QED) is 0.375. The highest BCUT2D eigenvalue weighted by atomic mass is 16.5. The van der Waals surface area contributed by atoms with Crippen LogP contribution in [-0.2, 0) is 14.3 Å². The van der Waals surface area contributed by atoms with Crippen molar-refractivity contribution in [3.63, 3.8) is 0 Å². The molecule has 24 heavy (non-hydrogen) atoms. The van der Waals surface area contributed by atoms with Gasteiger partial charge in [0.1, 0.15) is 6.61 Å². The van der Waals surface area contributed by atoms with Crippen molar-refractivity contribution in [2.24, 2.45) is 11.8 Å². The number of rotatable bonds is 10. The first-order valence-corrected chi connectivity index (χ1v) is 9.29. The molecule has 2 rings (SSSR count). The molecule has 0 unspecified atom stereocenters. The minimum atomic E-state index is -0.709. The van der Waals surface area contributed by atoms with Crippen molar-refractivity contribution in [2.45, 2.75) is 70.5 Å². The average molecular weight is 334 g/mol. The van der Waals surface area contributed by atoms with E-state index in [2.05, 4.69) is 30.9 Å². The van der Waals surface area contributed by atoms with Gasteiger partial charge in [-0.15, -0.1) is 5.92 Å². The molecular formula is C20H30O4. The first-order chi connectivity index (χ1) is 11.7. The van der Waals surface area contributed by atoms with Crippen LogP contribution in [0.2, 0.25) is 0 Å². The predicted octanol–water partition coefficient (Wildman–Crippen LogP) is 3.80. The SMILES string of the molecule is CCCC#CCOC[C@H]1[C@@H](C=CCCCCC(=O)O)[C@H]2CC[C@@H]1O2. The number of carboxylic acid groups (broad SMARTS) is 1. The number of hydrogen-bond acceptors (Lipinski definition) is 3. The van der Waals surface area contributed by atoms with Crippen LogP contribution in [0, 0.1) is 23.7 Å². The Morgan fingerprint density at radius 2 is 2.12 bits per heavy atom. The molecule has 2 heterocycles. The Morgan fingerprint density at radius 1 is 1.29 bits per heavy atom. The topological polar surface area (TPSA) is 55.8 Å². The molecule has 0 radical (unpaired) electrons. The summed E-state index contributed by atoms with van der Waals surface area (Å²) < 4.78 is 11.8. The summed E-state index contributed by atoms with van der Waals surface area (Å²) in [4.78, 5) is 10.5. The molecule has 0 saturated carbocycles. The van der Waals surface area contributed by atoms with Crippen molar-refractivity contribution in [3.05, 3.63) is 12.2 Å². The van der Waals surface area contributed by atoms with E-state index in [1.165, 1.54) is 0 Å². The summed E-state index contributed by atoms with van der Waals surface area (Å²) in [5.41, 5.74) is 0. The van der Waals surface area contributed by atoms with Crippen molar-refractivity contribution in [3.8, 4) is 11.8 Å². The normalized spacial score (nSPS) is 28.2. The summed E-state index contributed by atoms with van der Waals surface area (Å²) in [6, 6.07) is 0. The lowest BCUT2D eigenvalue weighted by molar-refractivity contribution is -0.137. The Hall–Kier alpha value is -1.31. The molecule has 2 fully saturated rings. The molecule has 1 N–H and O–H groups in total. The average Bonchev–Trinajstić information content (AvgIpc) is 3.15. The van der Waals surface area contributed by atoms with Gasteiger partial charge in [0.05, 0.1) is 18.8 Å². The van der Waals surface area contributed by atoms with Crippen LogP contribution in [0.25, 0.3) is 0 Å². The lowest BCUT2D eigenvalue weighted by atomic mass is 9.79. The minimum absolute atomic E-state index is 0.264. The van der Waals surface area contributed by atoms with Gasteiger partial charge < -0.3 is 14.6 Å². The Morgan fingerprint density at radius 3 is 2.92 bits per heavy atom. The molecule has 4 nitrogen and oxygen atoms in total. The molecule has 0 aromatic rings. The van der Waals surface area contributed by atoms with Crippen LogP contribution in [0.1, 0.15) is 58.3 Å². The van der Waals surface area contributed by atoms with Crippen molar-refractivity contribution in [1.82, 2.24) is 0 Å². The van der Waals surface area contributed by atoms with Crippen LogP contribution in [0.3, 0.4) is 0 Å². The standard InChI is InChI=1S/C20H30O4/c1-2-3-4-9-14-23-15-17-16(18-12-13-19(17)24-18)10-7-5-6-8-11-20(21)22/h7,10,16-19H,2-3,5-6,8,11-15H2,1H3,(H,21,22)/t16-,17+,18-,19+/m1/s1. The van der Waals surface area contributed by atoms with E-state index in [-0.39, 0.29) is 6.42 Å². The summed E-state index contributed by atoms with van der Waals surface area (Å²) in [7, 11) is 0. The van der Waals surface area contributed by atoms with Crippen LogP contribution in [0.5, 0.6) is 0 Å². The summed E-state index contributed by atoms with van der Waals surface area (Å²) in [5.74, 6) is 6.34. The van der Waals surface area contributed by atoms with Gasteiger partial charge in [-0.3, -0.25) is 4.79 Å². The van der Waals surface area contributed by atoms with Crippen LogP contribution in [0.4, 0.5) is 0 Å². The van der Waals surface area contributed by atoms with Crippen LogP contribution in [0.15, 0.2) is 12.2 Å². The maximum atomic E-state index is 10.5. The van der Waals surface area contributed by atoms with E-state index in [0.29, 0.717) is 30.7 Å². The van der Waals surface area contributed by atoms with E-state index in [9.17, 15) is 4.79 Å². The van der Waals surface area contributed by atoms with Gasteiger partial charge in [0.25, 0.3) is 0 Å². The highest BCUT2D eigenvalue weighted by Crippen LogP contribution is 2.44. The van der Waals surface area contributed by atoms with Gasteiger partial charge >= 0.3 is 5.97 Å². The number of ether oxygens (including phenoxy) is 2. The number of carboxylic acids is 1. The highest BCUT2D eigenvalue weighted by Gasteiger charge is 2.47. The van der Waals surface area contributed by atoms with E-state index < -0.39 is 5.97 Å². The van der Waals surface area contributed by atoms with E-state index >= 15 is 0 Å². The number of fused-ring (bicyclic) bond motifs is 2. The van der Waals surface area contributed by atoms with E-state index in [4.69, 9.17) is 14.6 Å². The number of allylic oxidation sites excluding steroid dienone is 1. The first-order valence-electron chi connectivity index (χ1n) is 9.29. The summed E-state index contributed by atoms with van der Waals surface area (Å²) in [5, 5.41) is 8.64. The first kappa shape index (κ1) is 19.0. The fourth-order valence-electron chi connectivity index (χ4n) is 3.60. The van der Waals surface area contributed by atoms with Crippen molar-refractivity contribution < 1.29 is 19.4 Å². The summed E-state index contributed by atoms with van der Waals surface area (Å²) in [6.07, 6.45) is 12.3. The number of hydrogen-bond donors (Lipinski definition) is 1. The molecule has 2 bridgehead atoms. The lowest BCUT2D eigenvalue weighted by Crippen LogP contribution is -2.29. The molecule has 0 spiro atoms. The fraction of sp³-hybridized carbons (Fsp3) is 0.750. The third kappa shape index (κ3) is 5.96. The Balaban J connectivity index is 1.71. The molecule has 0 aromatic carbocycles. The largest absolute Gasteiger partial charge is 0.481 e. The molecule has 2 aliphatic rings. The molecule has 0 aromatic heterocycles. The summed E-state index contributed by atoms with van der Waals surface area (Å²) >= 11 is 0. The second-order valence-electron chi connectivity index (χ2n) is 6.72. The predicted molar refractivity (Wildman–Crippen MR) is 93.6 cm³/mol. The van der Waals surface area contributed by atoms with Crippen LogP contribution in [-0.4, -0.2) is 36.5 Å². The van der Waals surface area contributed by atoms with E-state index in [1.54, 1.807) is 0 Å². The highest BCUT2D eigenvalue weighted by molar-refractivity contribution is 5.66. The van der Waals surface area contributed by atoms with Gasteiger partial charge in [-0.1, -0.05) is 25.0 Å². The van der Waals surface area contributed by atoms with Crippen molar-refractivity contribution in [2.75, 3.05) is 13.2 Å². The zero-order chi connectivity index (χ0) is 17.2. The maximum Gasteiger partial charge on any atom is 0.303 e. The number of unbranched alkanes of at least 4 members (excludes halogenated alkanes) is 3. The monoisotopic (exact) mass is 334 g/mol. The van der Waals surface area contributed by atoms with Gasteiger partial charge in [0.2, 0.25) is 0 Å². The maximum absolute atomic E-state index is 10.5. The fourth-order valence-corrected chi connectivity index (χ4v) is 3.60. The molecule has 2 aliphatic heterocycles. The Bertz CT molecular complexity index is 474. The zero-order valence-corrected chi connectivity index (χ0v) is 14.7.